The summed E-state index contributed by atoms with van der Waals surface area (Å²) >= 11 is 0. The summed E-state index contributed by atoms with van der Waals surface area (Å²) in [5, 5.41) is 14.3. The van der Waals surface area contributed by atoms with Crippen molar-refractivity contribution in [3.63, 3.8) is 0 Å². The van der Waals surface area contributed by atoms with Crippen LogP contribution in [0.2, 0.25) is 0 Å². The molecule has 2 rings (SSSR count). The molecule has 0 bridgehead atoms. The zero-order chi connectivity index (χ0) is 15.5. The Bertz CT molecular complexity index is 482. The standard InChI is InChI=1S/C17H26N2O2/c1-13-12-17(2,3)10-8-16(13)18-11-9-14-4-6-15(7-5-14)19(20)21/h4-7,13,16,18H,8-12H2,1-3H3. The van der Waals surface area contributed by atoms with Crippen molar-refractivity contribution < 1.29 is 4.92 Å². The van der Waals surface area contributed by atoms with E-state index in [9.17, 15) is 10.1 Å². The molecule has 4 nitrogen and oxygen atoms in total. The van der Waals surface area contributed by atoms with Crippen molar-refractivity contribution in [2.24, 2.45) is 11.3 Å². The van der Waals surface area contributed by atoms with Crippen LogP contribution in [0.25, 0.3) is 0 Å². The Labute approximate surface area is 127 Å². The molecule has 0 amide bonds. The summed E-state index contributed by atoms with van der Waals surface area (Å²) in [4.78, 5) is 10.3. The molecule has 4 heteroatoms. The summed E-state index contributed by atoms with van der Waals surface area (Å²) in [6.45, 7) is 7.99. The average molecular weight is 290 g/mol. The molecular formula is C17H26N2O2. The number of benzene rings is 1. The zero-order valence-corrected chi connectivity index (χ0v) is 13.3. The number of non-ortho nitro benzene ring substituents is 1. The van der Waals surface area contributed by atoms with Crippen LogP contribution in [0.4, 0.5) is 5.69 Å². The number of hydrogen-bond donors (Lipinski definition) is 1. The lowest BCUT2D eigenvalue weighted by molar-refractivity contribution is -0.384. The molecule has 0 aliphatic heterocycles. The van der Waals surface area contributed by atoms with E-state index in [1.54, 1.807) is 12.1 Å². The van der Waals surface area contributed by atoms with Crippen molar-refractivity contribution in [2.75, 3.05) is 6.54 Å². The van der Waals surface area contributed by atoms with E-state index in [-0.39, 0.29) is 10.6 Å². The Morgan fingerprint density at radius 2 is 2.00 bits per heavy atom. The summed E-state index contributed by atoms with van der Waals surface area (Å²) in [7, 11) is 0. The minimum absolute atomic E-state index is 0.162. The van der Waals surface area contributed by atoms with E-state index in [1.807, 2.05) is 12.1 Å². The Morgan fingerprint density at radius 3 is 2.57 bits per heavy atom. The molecule has 0 radical (unpaired) electrons. The molecule has 0 heterocycles. The van der Waals surface area contributed by atoms with Gasteiger partial charge in [-0.3, -0.25) is 10.1 Å². The number of rotatable bonds is 5. The van der Waals surface area contributed by atoms with Gasteiger partial charge in [-0.1, -0.05) is 32.9 Å². The van der Waals surface area contributed by atoms with Crippen LogP contribution in [-0.2, 0) is 6.42 Å². The molecule has 21 heavy (non-hydrogen) atoms. The summed E-state index contributed by atoms with van der Waals surface area (Å²) in [5.41, 5.74) is 1.79. The first kappa shape index (κ1) is 16.0. The van der Waals surface area contributed by atoms with Crippen LogP contribution in [0.5, 0.6) is 0 Å². The highest BCUT2D eigenvalue weighted by molar-refractivity contribution is 5.32. The fourth-order valence-electron chi connectivity index (χ4n) is 3.44. The third-order valence-electron chi connectivity index (χ3n) is 4.66. The number of nitro benzene ring substituents is 1. The zero-order valence-electron chi connectivity index (χ0n) is 13.3. The van der Waals surface area contributed by atoms with Crippen molar-refractivity contribution in [3.8, 4) is 0 Å². The number of nitrogens with one attached hydrogen (secondary N) is 1. The van der Waals surface area contributed by atoms with Gasteiger partial charge in [-0.25, -0.2) is 0 Å². The van der Waals surface area contributed by atoms with Crippen LogP contribution in [0.3, 0.4) is 0 Å². The minimum atomic E-state index is -0.354. The summed E-state index contributed by atoms with van der Waals surface area (Å²) < 4.78 is 0. The molecule has 1 aliphatic carbocycles. The molecule has 0 spiro atoms. The maximum Gasteiger partial charge on any atom is 0.269 e. The molecule has 1 aromatic rings. The van der Waals surface area contributed by atoms with Gasteiger partial charge in [-0.2, -0.15) is 0 Å². The lowest BCUT2D eigenvalue weighted by Crippen LogP contribution is -2.42. The number of nitro groups is 1. The van der Waals surface area contributed by atoms with Crippen LogP contribution >= 0.6 is 0 Å². The molecule has 1 aliphatic rings. The third kappa shape index (κ3) is 4.53. The minimum Gasteiger partial charge on any atom is -0.313 e. The molecular weight excluding hydrogens is 264 g/mol. The summed E-state index contributed by atoms with van der Waals surface area (Å²) in [6, 6.07) is 7.49. The van der Waals surface area contributed by atoms with Gasteiger partial charge in [-0.15, -0.1) is 0 Å². The molecule has 0 aromatic heterocycles. The van der Waals surface area contributed by atoms with Gasteiger partial charge in [0.1, 0.15) is 0 Å². The van der Waals surface area contributed by atoms with E-state index in [1.165, 1.54) is 19.3 Å². The Morgan fingerprint density at radius 1 is 1.33 bits per heavy atom. The van der Waals surface area contributed by atoms with Gasteiger partial charge in [0, 0.05) is 18.2 Å². The van der Waals surface area contributed by atoms with E-state index in [0.717, 1.165) is 18.5 Å². The molecule has 2 unspecified atom stereocenters. The SMILES string of the molecule is CC1CC(C)(C)CCC1NCCc1ccc([N+](=O)[O-])cc1. The predicted molar refractivity (Wildman–Crippen MR) is 85.4 cm³/mol. The maximum absolute atomic E-state index is 10.6. The van der Waals surface area contributed by atoms with Crippen molar-refractivity contribution in [3.05, 3.63) is 39.9 Å². The second kappa shape index (κ2) is 6.56. The lowest BCUT2D eigenvalue weighted by atomic mass is 9.70. The summed E-state index contributed by atoms with van der Waals surface area (Å²) in [6.07, 6.45) is 4.73. The van der Waals surface area contributed by atoms with Crippen LogP contribution < -0.4 is 5.32 Å². The van der Waals surface area contributed by atoms with E-state index in [0.29, 0.717) is 17.4 Å². The highest BCUT2D eigenvalue weighted by Gasteiger charge is 2.31. The van der Waals surface area contributed by atoms with Gasteiger partial charge in [0.15, 0.2) is 0 Å². The van der Waals surface area contributed by atoms with Gasteiger partial charge in [0.25, 0.3) is 5.69 Å². The normalized spacial score (nSPS) is 24.7. The lowest BCUT2D eigenvalue weighted by Gasteiger charge is -2.39. The molecule has 0 saturated heterocycles. The highest BCUT2D eigenvalue weighted by Crippen LogP contribution is 2.38. The number of nitrogens with zero attached hydrogens (tertiary/aromatic N) is 1. The third-order valence-corrected chi connectivity index (χ3v) is 4.66. The molecule has 1 aromatic carbocycles. The number of hydrogen-bond acceptors (Lipinski definition) is 3. The fraction of sp³-hybridized carbons (Fsp3) is 0.647. The predicted octanol–water partition coefficient (Wildman–Crippen LogP) is 3.94. The van der Waals surface area contributed by atoms with Gasteiger partial charge in [-0.05, 0) is 49.1 Å². The van der Waals surface area contributed by atoms with Gasteiger partial charge < -0.3 is 5.32 Å². The van der Waals surface area contributed by atoms with Crippen LogP contribution in [0.1, 0.15) is 45.6 Å². The molecule has 1 saturated carbocycles. The van der Waals surface area contributed by atoms with Gasteiger partial charge >= 0.3 is 0 Å². The maximum atomic E-state index is 10.6. The first-order chi connectivity index (χ1) is 9.87. The molecule has 116 valence electrons. The van der Waals surface area contributed by atoms with E-state index in [4.69, 9.17) is 0 Å². The van der Waals surface area contributed by atoms with E-state index >= 15 is 0 Å². The average Bonchev–Trinajstić information content (AvgIpc) is 2.41. The van der Waals surface area contributed by atoms with Crippen molar-refractivity contribution in [1.29, 1.82) is 0 Å². The van der Waals surface area contributed by atoms with Crippen LogP contribution in [-0.4, -0.2) is 17.5 Å². The van der Waals surface area contributed by atoms with E-state index < -0.39 is 0 Å². The Balaban J connectivity index is 1.78. The van der Waals surface area contributed by atoms with E-state index in [2.05, 4.69) is 26.1 Å². The first-order valence-corrected chi connectivity index (χ1v) is 7.84. The van der Waals surface area contributed by atoms with Gasteiger partial charge in [0.05, 0.1) is 4.92 Å². The van der Waals surface area contributed by atoms with Gasteiger partial charge in [0.2, 0.25) is 0 Å². The van der Waals surface area contributed by atoms with Crippen molar-refractivity contribution in [2.45, 2.75) is 52.5 Å². The van der Waals surface area contributed by atoms with Crippen LogP contribution in [0.15, 0.2) is 24.3 Å². The van der Waals surface area contributed by atoms with Crippen molar-refractivity contribution >= 4 is 5.69 Å². The Kier molecular flexibility index (Phi) is 4.99. The van der Waals surface area contributed by atoms with Crippen molar-refractivity contribution in [1.82, 2.24) is 5.32 Å². The van der Waals surface area contributed by atoms with Crippen LogP contribution in [0, 0.1) is 21.4 Å². The molecule has 1 fully saturated rings. The fourth-order valence-corrected chi connectivity index (χ4v) is 3.44. The largest absolute Gasteiger partial charge is 0.313 e. The smallest absolute Gasteiger partial charge is 0.269 e. The quantitative estimate of drug-likeness (QED) is 0.660. The second-order valence-corrected chi connectivity index (χ2v) is 7.12. The first-order valence-electron chi connectivity index (χ1n) is 7.84. The molecule has 1 N–H and O–H groups in total. The highest BCUT2D eigenvalue weighted by atomic mass is 16.6. The Hall–Kier alpha value is -1.42. The summed E-state index contributed by atoms with van der Waals surface area (Å²) in [5.74, 6) is 0.714. The second-order valence-electron chi connectivity index (χ2n) is 7.12. The topological polar surface area (TPSA) is 55.2 Å². The monoisotopic (exact) mass is 290 g/mol. The molecule has 2 atom stereocenters.